The van der Waals surface area contributed by atoms with Crippen LogP contribution in [0.5, 0.6) is 0 Å². The fourth-order valence-corrected chi connectivity index (χ4v) is 2.18. The summed E-state index contributed by atoms with van der Waals surface area (Å²) >= 11 is 0. The van der Waals surface area contributed by atoms with Crippen molar-refractivity contribution in [3.05, 3.63) is 0 Å². The smallest absolute Gasteiger partial charge is 0.132 e. The van der Waals surface area contributed by atoms with Crippen molar-refractivity contribution in [3.8, 4) is 0 Å². The van der Waals surface area contributed by atoms with Gasteiger partial charge in [0.05, 0.1) is 0 Å². The van der Waals surface area contributed by atoms with Gasteiger partial charge in [0, 0.05) is 12.0 Å². The van der Waals surface area contributed by atoms with Gasteiger partial charge in [0.2, 0.25) is 0 Å². The topological polar surface area (TPSA) is 29.1 Å². The number of carbonyl (C=O) groups excluding carboxylic acids is 1. The number of nitrogens with one attached hydrogen (secondary N) is 1. The first-order chi connectivity index (χ1) is 6.59. The van der Waals surface area contributed by atoms with Gasteiger partial charge in [-0.3, -0.25) is 4.79 Å². The van der Waals surface area contributed by atoms with Crippen molar-refractivity contribution in [1.29, 1.82) is 0 Å². The zero-order valence-corrected chi connectivity index (χ0v) is 9.68. The third-order valence-electron chi connectivity index (χ3n) is 3.24. The van der Waals surface area contributed by atoms with Gasteiger partial charge in [-0.2, -0.15) is 0 Å². The van der Waals surface area contributed by atoms with Crippen LogP contribution >= 0.6 is 0 Å². The Balaban J connectivity index is 2.19. The van der Waals surface area contributed by atoms with Crippen molar-refractivity contribution in [1.82, 2.24) is 5.32 Å². The minimum atomic E-state index is 0.366. The molecule has 0 spiro atoms. The number of ketones is 1. The number of hydrogen-bond acceptors (Lipinski definition) is 2. The largest absolute Gasteiger partial charge is 0.314 e. The summed E-state index contributed by atoms with van der Waals surface area (Å²) in [5, 5.41) is 3.47. The summed E-state index contributed by atoms with van der Waals surface area (Å²) in [6.45, 7) is 7.22. The van der Waals surface area contributed by atoms with Gasteiger partial charge in [-0.1, -0.05) is 13.8 Å². The van der Waals surface area contributed by atoms with E-state index >= 15 is 0 Å². The van der Waals surface area contributed by atoms with E-state index in [0.29, 0.717) is 17.7 Å². The lowest BCUT2D eigenvalue weighted by Crippen LogP contribution is -2.31. The molecule has 0 saturated heterocycles. The van der Waals surface area contributed by atoms with E-state index in [1.165, 1.54) is 12.8 Å². The van der Waals surface area contributed by atoms with E-state index in [1.54, 1.807) is 6.92 Å². The van der Waals surface area contributed by atoms with E-state index in [-0.39, 0.29) is 0 Å². The molecule has 1 fully saturated rings. The molecule has 1 aliphatic carbocycles. The Morgan fingerprint density at radius 3 is 2.29 bits per heavy atom. The van der Waals surface area contributed by atoms with Crippen LogP contribution in [0.25, 0.3) is 0 Å². The molecule has 82 valence electrons. The SMILES string of the molecule is CC(=O)[C@H]1CC[C@H](CNC(C)C)CC1. The van der Waals surface area contributed by atoms with Gasteiger partial charge < -0.3 is 5.32 Å². The molecular weight excluding hydrogens is 174 g/mol. The Bertz CT molecular complexity index is 181. The molecule has 0 aromatic carbocycles. The second kappa shape index (κ2) is 5.50. The van der Waals surface area contributed by atoms with Crippen LogP contribution in [0.4, 0.5) is 0 Å². The first-order valence-electron chi connectivity index (χ1n) is 5.83. The van der Waals surface area contributed by atoms with Crippen molar-refractivity contribution < 1.29 is 4.79 Å². The molecule has 0 atom stereocenters. The highest BCUT2D eigenvalue weighted by atomic mass is 16.1. The van der Waals surface area contributed by atoms with Crippen molar-refractivity contribution >= 4 is 5.78 Å². The zero-order chi connectivity index (χ0) is 10.6. The third-order valence-corrected chi connectivity index (χ3v) is 3.24. The van der Waals surface area contributed by atoms with Crippen LogP contribution in [0.2, 0.25) is 0 Å². The van der Waals surface area contributed by atoms with E-state index in [9.17, 15) is 4.79 Å². The van der Waals surface area contributed by atoms with Gasteiger partial charge in [-0.15, -0.1) is 0 Å². The quantitative estimate of drug-likeness (QED) is 0.749. The van der Waals surface area contributed by atoms with Crippen LogP contribution in [0.3, 0.4) is 0 Å². The lowest BCUT2D eigenvalue weighted by Gasteiger charge is -2.27. The molecule has 0 aromatic rings. The monoisotopic (exact) mass is 197 g/mol. The van der Waals surface area contributed by atoms with Crippen molar-refractivity contribution in [2.45, 2.75) is 52.5 Å². The van der Waals surface area contributed by atoms with Gasteiger partial charge in [0.25, 0.3) is 0 Å². The van der Waals surface area contributed by atoms with Crippen LogP contribution in [0.1, 0.15) is 46.5 Å². The van der Waals surface area contributed by atoms with Gasteiger partial charge in [-0.25, -0.2) is 0 Å². The summed E-state index contributed by atoms with van der Waals surface area (Å²) in [5.74, 6) is 1.55. The number of carbonyl (C=O) groups is 1. The normalized spacial score (nSPS) is 28.0. The van der Waals surface area contributed by atoms with Crippen LogP contribution < -0.4 is 5.32 Å². The lowest BCUT2D eigenvalue weighted by molar-refractivity contribution is -0.121. The average Bonchev–Trinajstić information content (AvgIpc) is 2.15. The summed E-state index contributed by atoms with van der Waals surface area (Å²) in [6, 6.07) is 0.584. The standard InChI is InChI=1S/C12H23NO/c1-9(2)13-8-11-4-6-12(7-5-11)10(3)14/h9,11-13H,4-8H2,1-3H3/t11-,12-. The molecule has 0 aromatic heterocycles. The van der Waals surface area contributed by atoms with Crippen LogP contribution in [-0.4, -0.2) is 18.4 Å². The highest BCUT2D eigenvalue weighted by Gasteiger charge is 2.23. The van der Waals surface area contributed by atoms with E-state index < -0.39 is 0 Å². The van der Waals surface area contributed by atoms with Gasteiger partial charge in [0.1, 0.15) is 5.78 Å². The van der Waals surface area contributed by atoms with E-state index in [1.807, 2.05) is 0 Å². The maximum Gasteiger partial charge on any atom is 0.132 e. The maximum absolute atomic E-state index is 11.2. The molecule has 0 amide bonds. The summed E-state index contributed by atoms with van der Waals surface area (Å²) in [4.78, 5) is 11.2. The first kappa shape index (κ1) is 11.7. The van der Waals surface area contributed by atoms with E-state index in [2.05, 4.69) is 19.2 Å². The van der Waals surface area contributed by atoms with Gasteiger partial charge in [-0.05, 0) is 45.1 Å². The fourth-order valence-electron chi connectivity index (χ4n) is 2.18. The zero-order valence-electron chi connectivity index (χ0n) is 9.68. The second-order valence-electron chi connectivity index (χ2n) is 4.89. The molecule has 1 N–H and O–H groups in total. The molecule has 0 unspecified atom stereocenters. The molecule has 1 aliphatic rings. The summed E-state index contributed by atoms with van der Waals surface area (Å²) in [5.41, 5.74) is 0. The Kier molecular flexibility index (Phi) is 4.59. The molecule has 1 rings (SSSR count). The summed E-state index contributed by atoms with van der Waals surface area (Å²) < 4.78 is 0. The highest BCUT2D eigenvalue weighted by molar-refractivity contribution is 5.78. The van der Waals surface area contributed by atoms with Crippen molar-refractivity contribution in [2.75, 3.05) is 6.54 Å². The number of Topliss-reactive ketones (excluding diaryl/α,β-unsaturated/α-hetero) is 1. The molecule has 14 heavy (non-hydrogen) atoms. The van der Waals surface area contributed by atoms with Gasteiger partial charge >= 0.3 is 0 Å². The minimum Gasteiger partial charge on any atom is -0.314 e. The Morgan fingerprint density at radius 2 is 1.86 bits per heavy atom. The van der Waals surface area contributed by atoms with Crippen LogP contribution in [0.15, 0.2) is 0 Å². The predicted octanol–water partition coefficient (Wildman–Crippen LogP) is 2.38. The number of hydrogen-bond donors (Lipinski definition) is 1. The number of rotatable bonds is 4. The predicted molar refractivity (Wildman–Crippen MR) is 59.3 cm³/mol. The molecule has 0 bridgehead atoms. The molecule has 0 radical (unpaired) electrons. The Labute approximate surface area is 87.5 Å². The third kappa shape index (κ3) is 3.79. The molecule has 1 saturated carbocycles. The average molecular weight is 197 g/mol. The van der Waals surface area contributed by atoms with E-state index in [0.717, 1.165) is 25.3 Å². The summed E-state index contributed by atoms with van der Waals surface area (Å²) in [6.07, 6.45) is 4.67. The van der Waals surface area contributed by atoms with Gasteiger partial charge in [0.15, 0.2) is 0 Å². The van der Waals surface area contributed by atoms with Crippen LogP contribution in [0, 0.1) is 11.8 Å². The Hall–Kier alpha value is -0.370. The summed E-state index contributed by atoms with van der Waals surface area (Å²) in [7, 11) is 0. The lowest BCUT2D eigenvalue weighted by atomic mass is 9.80. The molecule has 2 nitrogen and oxygen atoms in total. The fraction of sp³-hybridized carbons (Fsp3) is 0.917. The van der Waals surface area contributed by atoms with Crippen molar-refractivity contribution in [2.24, 2.45) is 11.8 Å². The molecule has 0 heterocycles. The maximum atomic E-state index is 11.2. The second-order valence-corrected chi connectivity index (χ2v) is 4.89. The van der Waals surface area contributed by atoms with E-state index in [4.69, 9.17) is 0 Å². The highest BCUT2D eigenvalue weighted by Crippen LogP contribution is 2.28. The van der Waals surface area contributed by atoms with Crippen molar-refractivity contribution in [3.63, 3.8) is 0 Å². The van der Waals surface area contributed by atoms with Crippen LogP contribution in [-0.2, 0) is 4.79 Å². The Morgan fingerprint density at radius 1 is 1.29 bits per heavy atom. The molecule has 2 heteroatoms. The minimum absolute atomic E-state index is 0.366. The molecule has 0 aliphatic heterocycles. The first-order valence-corrected chi connectivity index (χ1v) is 5.83. The molecular formula is C12H23NO.